The topological polar surface area (TPSA) is 36.7 Å². The lowest BCUT2D eigenvalue weighted by Crippen LogP contribution is -1.86. The van der Waals surface area contributed by atoms with Crippen LogP contribution in [0, 0.1) is 18.3 Å². The largest absolute Gasteiger partial charge is 0.240 e. The predicted molar refractivity (Wildman–Crippen MR) is 71.0 cm³/mol. The summed E-state index contributed by atoms with van der Waals surface area (Å²) in [6, 6.07) is 10.5. The highest BCUT2D eigenvalue weighted by atomic mass is 32.1. The van der Waals surface area contributed by atoms with E-state index in [1.807, 2.05) is 0 Å². The second kappa shape index (κ2) is 5.11. The van der Waals surface area contributed by atoms with E-state index in [0.717, 1.165) is 34.0 Å². The third-order valence-corrected chi connectivity index (χ3v) is 3.64. The fourth-order valence-electron chi connectivity index (χ4n) is 1.66. The van der Waals surface area contributed by atoms with Crippen molar-refractivity contribution < 1.29 is 0 Å². The average Bonchev–Trinajstić information content (AvgIpc) is 2.74. The molecule has 0 saturated heterocycles. The summed E-state index contributed by atoms with van der Waals surface area (Å²) in [5, 5.41) is 10.0. The molecule has 0 N–H and O–H groups in total. The van der Waals surface area contributed by atoms with Gasteiger partial charge in [-0.25, -0.2) is 4.98 Å². The number of hydrogen-bond donors (Lipinski definition) is 0. The molecule has 2 rings (SSSR count). The molecule has 0 radical (unpaired) electrons. The summed E-state index contributed by atoms with van der Waals surface area (Å²) in [5.74, 6) is 0. The Morgan fingerprint density at radius 2 is 2.00 bits per heavy atom. The minimum atomic E-state index is 0.752. The second-order valence-corrected chi connectivity index (χ2v) is 5.02. The quantitative estimate of drug-likeness (QED) is 0.817. The van der Waals surface area contributed by atoms with Gasteiger partial charge in [0.15, 0.2) is 0 Å². The molecule has 0 aliphatic rings. The highest BCUT2D eigenvalue weighted by Gasteiger charge is 2.11. The predicted octanol–water partition coefficient (Wildman–Crippen LogP) is 3.94. The first-order valence-corrected chi connectivity index (χ1v) is 6.53. The van der Waals surface area contributed by atoms with Crippen LogP contribution in [0.3, 0.4) is 0 Å². The summed E-state index contributed by atoms with van der Waals surface area (Å²) in [5.41, 5.74) is 3.27. The minimum Gasteiger partial charge on any atom is -0.240 e. The molecular weight excluding hydrogens is 228 g/mol. The molecular formula is C14H14N2S. The Morgan fingerprint density at radius 3 is 2.59 bits per heavy atom. The van der Waals surface area contributed by atoms with Gasteiger partial charge >= 0.3 is 0 Å². The maximum absolute atomic E-state index is 9.07. The zero-order chi connectivity index (χ0) is 12.3. The van der Waals surface area contributed by atoms with Gasteiger partial charge in [-0.05, 0) is 13.3 Å². The van der Waals surface area contributed by atoms with Crippen LogP contribution in [0.25, 0.3) is 10.6 Å². The summed E-state index contributed by atoms with van der Waals surface area (Å²) < 4.78 is 0. The Morgan fingerprint density at radius 1 is 1.29 bits per heavy atom. The molecule has 0 aliphatic heterocycles. The van der Waals surface area contributed by atoms with Crippen molar-refractivity contribution in [2.75, 3.05) is 0 Å². The van der Waals surface area contributed by atoms with Crippen molar-refractivity contribution in [3.05, 3.63) is 40.4 Å². The van der Waals surface area contributed by atoms with Gasteiger partial charge in [-0.15, -0.1) is 11.3 Å². The molecule has 0 bridgehead atoms. The van der Waals surface area contributed by atoms with E-state index >= 15 is 0 Å². The van der Waals surface area contributed by atoms with Crippen molar-refractivity contribution in [2.24, 2.45) is 0 Å². The average molecular weight is 242 g/mol. The van der Waals surface area contributed by atoms with Crippen LogP contribution in [-0.2, 0) is 6.42 Å². The highest BCUT2D eigenvalue weighted by Crippen LogP contribution is 2.28. The van der Waals surface area contributed by atoms with Crippen molar-refractivity contribution >= 4 is 11.3 Å². The van der Waals surface area contributed by atoms with Gasteiger partial charge in [-0.1, -0.05) is 43.2 Å². The summed E-state index contributed by atoms with van der Waals surface area (Å²) in [6.45, 7) is 4.17. The lowest BCUT2D eigenvalue weighted by molar-refractivity contribution is 0.890. The summed E-state index contributed by atoms with van der Waals surface area (Å²) in [4.78, 5) is 5.32. The van der Waals surface area contributed by atoms with Crippen LogP contribution in [0.15, 0.2) is 24.3 Å². The third kappa shape index (κ3) is 2.54. The van der Waals surface area contributed by atoms with Crippen molar-refractivity contribution in [3.8, 4) is 16.6 Å². The van der Waals surface area contributed by atoms with Gasteiger partial charge in [0.25, 0.3) is 0 Å². The number of nitrogens with zero attached hydrogens (tertiary/aromatic N) is 2. The van der Waals surface area contributed by atoms with Gasteiger partial charge in [0, 0.05) is 5.56 Å². The third-order valence-electron chi connectivity index (χ3n) is 2.58. The number of benzene rings is 1. The van der Waals surface area contributed by atoms with Crippen LogP contribution in [0.1, 0.15) is 29.5 Å². The monoisotopic (exact) mass is 242 g/mol. The van der Waals surface area contributed by atoms with Crippen LogP contribution in [0.2, 0.25) is 0 Å². The van der Waals surface area contributed by atoms with Crippen LogP contribution >= 0.6 is 11.3 Å². The molecule has 1 aromatic heterocycles. The first-order chi connectivity index (χ1) is 8.24. The van der Waals surface area contributed by atoms with E-state index < -0.39 is 0 Å². The maximum atomic E-state index is 9.07. The molecule has 0 unspecified atom stereocenters. The maximum Gasteiger partial charge on any atom is 0.128 e. The van der Waals surface area contributed by atoms with E-state index in [2.05, 4.69) is 49.2 Å². The van der Waals surface area contributed by atoms with E-state index in [0.29, 0.717) is 0 Å². The number of aromatic nitrogens is 1. The Hall–Kier alpha value is -1.66. The molecule has 0 amide bonds. The lowest BCUT2D eigenvalue weighted by Gasteiger charge is -1.96. The zero-order valence-electron chi connectivity index (χ0n) is 10.0. The Bertz CT molecular complexity index is 547. The van der Waals surface area contributed by atoms with Gasteiger partial charge in [-0.2, -0.15) is 5.26 Å². The molecule has 17 heavy (non-hydrogen) atoms. The Labute approximate surface area is 106 Å². The molecule has 0 fully saturated rings. The Balaban J connectivity index is 2.40. The molecule has 0 atom stereocenters. The molecule has 2 nitrogen and oxygen atoms in total. The highest BCUT2D eigenvalue weighted by molar-refractivity contribution is 7.15. The minimum absolute atomic E-state index is 0.752. The van der Waals surface area contributed by atoms with E-state index in [1.165, 1.54) is 16.9 Å². The number of nitriles is 1. The smallest absolute Gasteiger partial charge is 0.128 e. The fourth-order valence-corrected chi connectivity index (χ4v) is 2.58. The van der Waals surface area contributed by atoms with Gasteiger partial charge in [-0.3, -0.25) is 0 Å². The van der Waals surface area contributed by atoms with Crippen molar-refractivity contribution in [1.82, 2.24) is 4.98 Å². The molecule has 0 aliphatic carbocycles. The standard InChI is InChI=1S/C14H14N2S/c1-3-4-12-13(9-15)17-14(16-12)11-7-5-10(2)6-8-11/h5-8H,3-4H2,1-2H3. The molecule has 3 heteroatoms. The van der Waals surface area contributed by atoms with Gasteiger partial charge in [0.2, 0.25) is 0 Å². The van der Waals surface area contributed by atoms with Crippen LogP contribution in [-0.4, -0.2) is 4.98 Å². The Kier molecular flexibility index (Phi) is 3.55. The van der Waals surface area contributed by atoms with E-state index in [9.17, 15) is 0 Å². The van der Waals surface area contributed by atoms with Crippen LogP contribution in [0.4, 0.5) is 0 Å². The molecule has 1 heterocycles. The fraction of sp³-hybridized carbons (Fsp3) is 0.286. The summed E-state index contributed by atoms with van der Waals surface area (Å²) in [6.07, 6.45) is 1.90. The van der Waals surface area contributed by atoms with Crippen LogP contribution in [0.5, 0.6) is 0 Å². The first kappa shape index (κ1) is 11.8. The van der Waals surface area contributed by atoms with E-state index in [1.54, 1.807) is 0 Å². The van der Waals surface area contributed by atoms with Crippen molar-refractivity contribution in [1.29, 1.82) is 5.26 Å². The SMILES string of the molecule is CCCc1nc(-c2ccc(C)cc2)sc1C#N. The molecule has 2 aromatic rings. The van der Waals surface area contributed by atoms with E-state index in [-0.39, 0.29) is 0 Å². The second-order valence-electron chi connectivity index (χ2n) is 4.02. The lowest BCUT2D eigenvalue weighted by atomic mass is 10.1. The number of hydrogen-bond acceptors (Lipinski definition) is 3. The molecule has 1 aromatic carbocycles. The molecule has 86 valence electrons. The van der Waals surface area contributed by atoms with Crippen molar-refractivity contribution in [2.45, 2.75) is 26.7 Å². The normalized spacial score (nSPS) is 10.2. The van der Waals surface area contributed by atoms with Crippen LogP contribution < -0.4 is 0 Å². The van der Waals surface area contributed by atoms with Crippen molar-refractivity contribution in [3.63, 3.8) is 0 Å². The summed E-state index contributed by atoms with van der Waals surface area (Å²) in [7, 11) is 0. The first-order valence-electron chi connectivity index (χ1n) is 5.71. The molecule has 0 saturated carbocycles. The van der Waals surface area contributed by atoms with E-state index in [4.69, 9.17) is 5.26 Å². The number of rotatable bonds is 3. The van der Waals surface area contributed by atoms with Gasteiger partial charge in [0.1, 0.15) is 16.0 Å². The summed E-state index contributed by atoms with van der Waals surface area (Å²) >= 11 is 1.49. The zero-order valence-corrected chi connectivity index (χ0v) is 10.8. The van der Waals surface area contributed by atoms with Gasteiger partial charge < -0.3 is 0 Å². The van der Waals surface area contributed by atoms with Gasteiger partial charge in [0.05, 0.1) is 5.69 Å². The number of thiazole rings is 1. The number of aryl methyl sites for hydroxylation is 2. The molecule has 0 spiro atoms.